The van der Waals surface area contributed by atoms with Crippen molar-refractivity contribution in [2.24, 2.45) is 0 Å². The molecule has 3 heterocycles. The van der Waals surface area contributed by atoms with Gasteiger partial charge in [-0.25, -0.2) is 9.78 Å². The van der Waals surface area contributed by atoms with Crippen LogP contribution < -0.4 is 5.76 Å². The molecular weight excluding hydrogens is 270 g/mol. The van der Waals surface area contributed by atoms with Crippen LogP contribution in [0.5, 0.6) is 0 Å². The molecule has 0 unspecified atom stereocenters. The highest BCUT2D eigenvalue weighted by atomic mass is 16.4. The highest BCUT2D eigenvalue weighted by Crippen LogP contribution is 2.13. The van der Waals surface area contributed by atoms with Crippen molar-refractivity contribution in [2.75, 3.05) is 0 Å². The molecule has 0 saturated carbocycles. The number of Topliss-reactive ketones (excluding diaryl/α,β-unsaturated/α-hetero) is 1. The molecule has 3 aromatic heterocycles. The summed E-state index contributed by atoms with van der Waals surface area (Å²) in [4.78, 5) is 31.3. The van der Waals surface area contributed by atoms with Crippen LogP contribution in [0.25, 0.3) is 11.2 Å². The first-order valence-corrected chi connectivity index (χ1v) is 6.54. The standard InChI is InChI=1S/C15H13N3O3/c1-10(19)12-8-13-14(17-9-12)18(15(20)21-13)7-4-11-2-5-16-6-3-11/h2-3,5-6,8-9H,4,7H2,1H3. The van der Waals surface area contributed by atoms with Gasteiger partial charge in [-0.1, -0.05) is 0 Å². The predicted octanol–water partition coefficient (Wildman–Crippen LogP) is 1.83. The van der Waals surface area contributed by atoms with E-state index in [2.05, 4.69) is 9.97 Å². The zero-order chi connectivity index (χ0) is 14.8. The minimum absolute atomic E-state index is 0.114. The van der Waals surface area contributed by atoms with Gasteiger partial charge in [-0.3, -0.25) is 14.3 Å². The van der Waals surface area contributed by atoms with E-state index >= 15 is 0 Å². The lowest BCUT2D eigenvalue weighted by Gasteiger charge is -2.02. The van der Waals surface area contributed by atoms with Crippen LogP contribution in [0.4, 0.5) is 0 Å². The molecule has 3 rings (SSSR count). The molecule has 0 radical (unpaired) electrons. The van der Waals surface area contributed by atoms with Crippen LogP contribution in [0.15, 0.2) is 46.0 Å². The van der Waals surface area contributed by atoms with E-state index in [9.17, 15) is 9.59 Å². The van der Waals surface area contributed by atoms with E-state index in [1.54, 1.807) is 18.5 Å². The van der Waals surface area contributed by atoms with E-state index in [0.29, 0.717) is 29.8 Å². The van der Waals surface area contributed by atoms with E-state index in [1.165, 1.54) is 17.7 Å². The minimum Gasteiger partial charge on any atom is -0.406 e. The lowest BCUT2D eigenvalue weighted by atomic mass is 10.2. The summed E-state index contributed by atoms with van der Waals surface area (Å²) >= 11 is 0. The zero-order valence-corrected chi connectivity index (χ0v) is 11.4. The number of rotatable bonds is 4. The number of hydrogen-bond donors (Lipinski definition) is 0. The van der Waals surface area contributed by atoms with Gasteiger partial charge in [0.1, 0.15) is 0 Å². The summed E-state index contributed by atoms with van der Waals surface area (Å²) in [7, 11) is 0. The maximum Gasteiger partial charge on any atom is 0.421 e. The second-order valence-electron chi connectivity index (χ2n) is 4.73. The fourth-order valence-electron chi connectivity index (χ4n) is 2.13. The van der Waals surface area contributed by atoms with Crippen LogP contribution in [0.1, 0.15) is 22.8 Å². The van der Waals surface area contributed by atoms with Gasteiger partial charge >= 0.3 is 5.76 Å². The summed E-state index contributed by atoms with van der Waals surface area (Å²) in [5.41, 5.74) is 2.30. The van der Waals surface area contributed by atoms with Crippen LogP contribution in [-0.4, -0.2) is 20.3 Å². The van der Waals surface area contributed by atoms with Gasteiger partial charge in [0.2, 0.25) is 0 Å². The van der Waals surface area contributed by atoms with Crippen LogP contribution in [0, 0.1) is 0 Å². The molecule has 6 nitrogen and oxygen atoms in total. The average Bonchev–Trinajstić information content (AvgIpc) is 2.80. The zero-order valence-electron chi connectivity index (χ0n) is 11.4. The number of fused-ring (bicyclic) bond motifs is 1. The summed E-state index contributed by atoms with van der Waals surface area (Å²) in [5, 5.41) is 0. The Hall–Kier alpha value is -2.76. The number of pyridine rings is 2. The Labute approximate surface area is 120 Å². The monoisotopic (exact) mass is 283 g/mol. The molecule has 0 spiro atoms. The Morgan fingerprint density at radius 2 is 2.10 bits per heavy atom. The molecule has 0 N–H and O–H groups in total. The van der Waals surface area contributed by atoms with Crippen molar-refractivity contribution < 1.29 is 9.21 Å². The van der Waals surface area contributed by atoms with Gasteiger partial charge in [0.15, 0.2) is 17.0 Å². The third kappa shape index (κ3) is 2.60. The van der Waals surface area contributed by atoms with Crippen molar-refractivity contribution in [1.29, 1.82) is 0 Å². The van der Waals surface area contributed by atoms with Gasteiger partial charge in [0, 0.05) is 30.7 Å². The molecule has 0 fully saturated rings. The van der Waals surface area contributed by atoms with Crippen molar-refractivity contribution >= 4 is 17.0 Å². The first-order valence-electron chi connectivity index (χ1n) is 6.54. The number of oxazole rings is 1. The van der Waals surface area contributed by atoms with Gasteiger partial charge in [-0.2, -0.15) is 0 Å². The number of nitrogens with zero attached hydrogens (tertiary/aromatic N) is 3. The van der Waals surface area contributed by atoms with Gasteiger partial charge in [-0.15, -0.1) is 0 Å². The van der Waals surface area contributed by atoms with Crippen molar-refractivity contribution in [1.82, 2.24) is 14.5 Å². The van der Waals surface area contributed by atoms with E-state index in [0.717, 1.165) is 5.56 Å². The van der Waals surface area contributed by atoms with Crippen LogP contribution in [0.3, 0.4) is 0 Å². The minimum atomic E-state index is -0.466. The molecule has 0 amide bonds. The highest BCUT2D eigenvalue weighted by molar-refractivity contribution is 5.95. The Balaban J connectivity index is 1.93. The van der Waals surface area contributed by atoms with Crippen LogP contribution in [0.2, 0.25) is 0 Å². The lowest BCUT2D eigenvalue weighted by molar-refractivity contribution is 0.101. The van der Waals surface area contributed by atoms with Gasteiger partial charge in [0.05, 0.1) is 0 Å². The Bertz CT molecular complexity index is 849. The largest absolute Gasteiger partial charge is 0.421 e. The fraction of sp³-hybridized carbons (Fsp3) is 0.200. The Morgan fingerprint density at radius 3 is 2.81 bits per heavy atom. The fourth-order valence-corrected chi connectivity index (χ4v) is 2.13. The predicted molar refractivity (Wildman–Crippen MR) is 76.2 cm³/mol. The maximum absolute atomic E-state index is 11.9. The summed E-state index contributed by atoms with van der Waals surface area (Å²) in [6.45, 7) is 1.91. The molecule has 21 heavy (non-hydrogen) atoms. The van der Waals surface area contributed by atoms with Crippen LogP contribution >= 0.6 is 0 Å². The first kappa shape index (κ1) is 13.2. The van der Waals surface area contributed by atoms with Gasteiger partial charge in [0.25, 0.3) is 0 Å². The second kappa shape index (κ2) is 5.32. The summed E-state index contributed by atoms with van der Waals surface area (Å²) in [6, 6.07) is 5.35. The summed E-state index contributed by atoms with van der Waals surface area (Å²) < 4.78 is 6.63. The molecule has 0 aromatic carbocycles. The quantitative estimate of drug-likeness (QED) is 0.683. The number of carbonyl (C=O) groups excluding carboxylic acids is 1. The first-order chi connectivity index (χ1) is 10.1. The molecule has 0 aliphatic rings. The van der Waals surface area contributed by atoms with E-state index < -0.39 is 5.76 Å². The van der Waals surface area contributed by atoms with Gasteiger partial charge < -0.3 is 4.42 Å². The molecule has 0 saturated heterocycles. The van der Waals surface area contributed by atoms with Crippen LogP contribution in [-0.2, 0) is 13.0 Å². The number of aryl methyl sites for hydroxylation is 2. The average molecular weight is 283 g/mol. The third-order valence-electron chi connectivity index (χ3n) is 3.29. The Morgan fingerprint density at radius 1 is 1.33 bits per heavy atom. The molecule has 106 valence electrons. The second-order valence-corrected chi connectivity index (χ2v) is 4.73. The highest BCUT2D eigenvalue weighted by Gasteiger charge is 2.12. The topological polar surface area (TPSA) is 78.0 Å². The number of ketones is 1. The van der Waals surface area contributed by atoms with Gasteiger partial charge in [-0.05, 0) is 37.1 Å². The molecule has 0 bridgehead atoms. The molecule has 3 aromatic rings. The third-order valence-corrected chi connectivity index (χ3v) is 3.29. The number of hydrogen-bond acceptors (Lipinski definition) is 5. The maximum atomic E-state index is 11.9. The molecule has 0 atom stereocenters. The SMILES string of the molecule is CC(=O)c1cnc2c(c1)oc(=O)n2CCc1ccncc1. The van der Waals surface area contributed by atoms with Crippen molar-refractivity contribution in [3.63, 3.8) is 0 Å². The van der Waals surface area contributed by atoms with E-state index in [1.807, 2.05) is 12.1 Å². The Kier molecular flexibility index (Phi) is 3.35. The number of carbonyl (C=O) groups is 1. The summed E-state index contributed by atoms with van der Waals surface area (Å²) in [6.07, 6.45) is 5.56. The smallest absolute Gasteiger partial charge is 0.406 e. The molecular formula is C15H13N3O3. The molecule has 0 aliphatic carbocycles. The molecule has 0 aliphatic heterocycles. The van der Waals surface area contributed by atoms with Crippen molar-refractivity contribution in [2.45, 2.75) is 19.9 Å². The van der Waals surface area contributed by atoms with Crippen molar-refractivity contribution in [3.8, 4) is 0 Å². The normalized spacial score (nSPS) is 10.9. The summed E-state index contributed by atoms with van der Waals surface area (Å²) in [5.74, 6) is -0.580. The number of aromatic nitrogens is 3. The van der Waals surface area contributed by atoms with E-state index in [-0.39, 0.29) is 5.78 Å². The van der Waals surface area contributed by atoms with Crippen molar-refractivity contribution in [3.05, 3.63) is 58.5 Å². The van der Waals surface area contributed by atoms with E-state index in [4.69, 9.17) is 4.42 Å². The lowest BCUT2D eigenvalue weighted by Crippen LogP contribution is -2.16. The molecule has 6 heteroatoms.